The zero-order valence-electron chi connectivity index (χ0n) is 7.35. The van der Waals surface area contributed by atoms with Gasteiger partial charge < -0.3 is 0 Å². The molecule has 0 aromatic rings. The Morgan fingerprint density at radius 3 is 2.38 bits per heavy atom. The van der Waals surface area contributed by atoms with E-state index in [1.165, 1.54) is 12.8 Å². The second-order valence-corrected chi connectivity index (χ2v) is 13.5. The van der Waals surface area contributed by atoms with E-state index < -0.39 is 6.00 Å². The van der Waals surface area contributed by atoms with Crippen molar-refractivity contribution in [1.82, 2.24) is 0 Å². The highest BCUT2D eigenvalue weighted by Crippen LogP contribution is 2.46. The lowest BCUT2D eigenvalue weighted by Gasteiger charge is -2.19. The Morgan fingerprint density at radius 1 is 1.15 bits per heavy atom. The van der Waals surface area contributed by atoms with Crippen molar-refractivity contribution >= 4 is 39.2 Å². The van der Waals surface area contributed by atoms with E-state index in [0.29, 0.717) is 0 Å². The fraction of sp³-hybridized carbons (Fsp3) is 0.778. The molecule has 0 radical (unpaired) electrons. The fourth-order valence-corrected chi connectivity index (χ4v) is 4.26. The lowest BCUT2D eigenvalue weighted by molar-refractivity contribution is 0.433. The number of halogens is 3. The van der Waals surface area contributed by atoms with Crippen LogP contribution in [0.5, 0.6) is 0 Å². The second kappa shape index (κ2) is 3.77. The van der Waals surface area contributed by atoms with Gasteiger partial charge >= 0.3 is 6.00 Å². The van der Waals surface area contributed by atoms with Gasteiger partial charge in [-0.25, -0.2) is 0 Å². The summed E-state index contributed by atoms with van der Waals surface area (Å²) in [4.78, 5) is 0. The fourth-order valence-electron chi connectivity index (χ4n) is 2.58. The third-order valence-corrected chi connectivity index (χ3v) is 5.77. The average molecular weight is 256 g/mol. The zero-order valence-corrected chi connectivity index (χ0v) is 10.6. The van der Waals surface area contributed by atoms with E-state index in [0.717, 1.165) is 30.2 Å². The Morgan fingerprint density at radius 2 is 1.92 bits per heavy atom. The summed E-state index contributed by atoms with van der Waals surface area (Å²) in [6.07, 6.45) is 8.52. The Labute approximate surface area is 94.4 Å². The van der Waals surface area contributed by atoms with Crippen molar-refractivity contribution in [3.05, 3.63) is 12.2 Å². The molecule has 1 fully saturated rings. The van der Waals surface area contributed by atoms with Gasteiger partial charge in [0.05, 0.1) is 0 Å². The molecule has 0 amide bonds. The van der Waals surface area contributed by atoms with Gasteiger partial charge in [0.25, 0.3) is 0 Å². The summed E-state index contributed by atoms with van der Waals surface area (Å²) < 4.78 is 0. The van der Waals surface area contributed by atoms with Crippen LogP contribution in [0.25, 0.3) is 0 Å². The van der Waals surface area contributed by atoms with Crippen LogP contribution in [-0.4, -0.2) is 6.00 Å². The highest BCUT2D eigenvalue weighted by Gasteiger charge is 2.37. The highest BCUT2D eigenvalue weighted by molar-refractivity contribution is 7.64. The van der Waals surface area contributed by atoms with Gasteiger partial charge in [0, 0.05) is 0 Å². The largest absolute Gasteiger partial charge is 0.341 e. The topological polar surface area (TPSA) is 0 Å². The Bertz CT molecular complexity index is 221. The number of hydrogen-bond donors (Lipinski definition) is 0. The first kappa shape index (κ1) is 10.3. The van der Waals surface area contributed by atoms with Crippen LogP contribution in [0.3, 0.4) is 0 Å². The Kier molecular flexibility index (Phi) is 3.00. The molecular weight excluding hydrogens is 243 g/mol. The minimum absolute atomic E-state index is 0.798. The SMILES string of the molecule is Cl[Si](Cl)(Cl)CC[C@H]1C[C@H]2C=C[C@H]1C2. The monoisotopic (exact) mass is 254 g/mol. The Balaban J connectivity index is 1.81. The molecule has 3 atom stereocenters. The molecule has 0 unspecified atom stereocenters. The zero-order chi connectivity index (χ0) is 9.47. The maximum Gasteiger partial charge on any atom is 0.341 e. The van der Waals surface area contributed by atoms with E-state index in [4.69, 9.17) is 33.2 Å². The van der Waals surface area contributed by atoms with Gasteiger partial charge in [0.1, 0.15) is 0 Å². The molecule has 0 aliphatic heterocycles. The van der Waals surface area contributed by atoms with Gasteiger partial charge in [-0.15, -0.1) is 33.2 Å². The molecule has 0 nitrogen and oxygen atoms in total. The van der Waals surface area contributed by atoms with Crippen LogP contribution in [0, 0.1) is 17.8 Å². The maximum atomic E-state index is 5.87. The van der Waals surface area contributed by atoms with E-state index in [2.05, 4.69) is 12.2 Å². The molecule has 0 heterocycles. The summed E-state index contributed by atoms with van der Waals surface area (Å²) in [5.41, 5.74) is 0. The molecule has 2 bridgehead atoms. The molecule has 74 valence electrons. The van der Waals surface area contributed by atoms with Gasteiger partial charge in [0.15, 0.2) is 0 Å². The van der Waals surface area contributed by atoms with Crippen LogP contribution in [0.1, 0.15) is 19.3 Å². The molecule has 0 N–H and O–H groups in total. The molecule has 2 aliphatic rings. The quantitative estimate of drug-likeness (QED) is 0.402. The van der Waals surface area contributed by atoms with Gasteiger partial charge in [-0.1, -0.05) is 12.2 Å². The molecule has 2 rings (SSSR count). The average Bonchev–Trinajstić information content (AvgIpc) is 2.58. The summed E-state index contributed by atoms with van der Waals surface area (Å²) in [6.45, 7) is 0. The van der Waals surface area contributed by atoms with Crippen LogP contribution < -0.4 is 0 Å². The summed E-state index contributed by atoms with van der Waals surface area (Å²) >= 11 is 17.6. The first-order valence-corrected chi connectivity index (χ1v) is 10.0. The van der Waals surface area contributed by atoms with Gasteiger partial charge in [0.2, 0.25) is 0 Å². The molecule has 0 spiro atoms. The van der Waals surface area contributed by atoms with E-state index in [-0.39, 0.29) is 0 Å². The molecule has 4 heteroatoms. The molecular formula is C9H13Cl3Si. The maximum absolute atomic E-state index is 5.87. The molecule has 13 heavy (non-hydrogen) atoms. The lowest BCUT2D eigenvalue weighted by atomic mass is 9.91. The molecule has 2 aliphatic carbocycles. The lowest BCUT2D eigenvalue weighted by Crippen LogP contribution is -2.14. The van der Waals surface area contributed by atoms with Crippen molar-refractivity contribution in [2.24, 2.45) is 17.8 Å². The van der Waals surface area contributed by atoms with E-state index in [1.54, 1.807) is 0 Å². The predicted molar refractivity (Wildman–Crippen MR) is 61.6 cm³/mol. The highest BCUT2D eigenvalue weighted by atomic mass is 35.8. The normalized spacial score (nSPS) is 37.3. The number of rotatable bonds is 3. The molecule has 1 saturated carbocycles. The van der Waals surface area contributed by atoms with Crippen LogP contribution in [0.2, 0.25) is 6.04 Å². The summed E-state index contributed by atoms with van der Waals surface area (Å²) in [7, 11) is 0. The standard InChI is InChI=1S/C9H13Cl3Si/c10-13(11,12)4-3-9-6-7-1-2-8(9)5-7/h1-2,7-9H,3-6H2/t7-,8-,9-/m0/s1. The van der Waals surface area contributed by atoms with E-state index in [1.807, 2.05) is 0 Å². The Hall–Kier alpha value is 0.827. The third kappa shape index (κ3) is 2.65. The van der Waals surface area contributed by atoms with Crippen LogP contribution >= 0.6 is 33.2 Å². The van der Waals surface area contributed by atoms with Crippen molar-refractivity contribution < 1.29 is 0 Å². The second-order valence-electron chi connectivity index (χ2n) is 4.19. The van der Waals surface area contributed by atoms with E-state index in [9.17, 15) is 0 Å². The van der Waals surface area contributed by atoms with Gasteiger partial charge in [-0.2, -0.15) is 0 Å². The number of hydrogen-bond acceptors (Lipinski definition) is 0. The summed E-state index contributed by atoms with van der Waals surface area (Å²) in [6, 6.07) is -1.53. The van der Waals surface area contributed by atoms with Crippen molar-refractivity contribution in [3.63, 3.8) is 0 Å². The molecule has 0 aromatic carbocycles. The summed E-state index contributed by atoms with van der Waals surface area (Å²) in [5, 5.41) is 0. The van der Waals surface area contributed by atoms with Crippen LogP contribution in [0.15, 0.2) is 12.2 Å². The molecule has 0 saturated heterocycles. The first-order chi connectivity index (χ1) is 6.04. The van der Waals surface area contributed by atoms with Gasteiger partial charge in [-0.05, 0) is 43.1 Å². The first-order valence-electron chi connectivity index (χ1n) is 4.80. The smallest absolute Gasteiger partial charge is 0.126 e. The number of allylic oxidation sites excluding steroid dienone is 2. The van der Waals surface area contributed by atoms with Crippen molar-refractivity contribution in [1.29, 1.82) is 0 Å². The van der Waals surface area contributed by atoms with Gasteiger partial charge in [-0.3, -0.25) is 0 Å². The minimum atomic E-state index is -2.36. The minimum Gasteiger partial charge on any atom is -0.126 e. The third-order valence-electron chi connectivity index (χ3n) is 3.21. The predicted octanol–water partition coefficient (Wildman–Crippen LogP) is 4.24. The van der Waals surface area contributed by atoms with Crippen molar-refractivity contribution in [2.45, 2.75) is 25.3 Å². The summed E-state index contributed by atoms with van der Waals surface area (Å²) in [5.74, 6) is 2.44. The van der Waals surface area contributed by atoms with E-state index >= 15 is 0 Å². The van der Waals surface area contributed by atoms with Crippen LogP contribution in [-0.2, 0) is 0 Å². The van der Waals surface area contributed by atoms with Crippen molar-refractivity contribution in [3.8, 4) is 0 Å². The van der Waals surface area contributed by atoms with Crippen LogP contribution in [0.4, 0.5) is 0 Å². The van der Waals surface area contributed by atoms with Crippen molar-refractivity contribution in [2.75, 3.05) is 0 Å². The number of fused-ring (bicyclic) bond motifs is 2. The molecule has 0 aromatic heterocycles.